The summed E-state index contributed by atoms with van der Waals surface area (Å²) in [4.78, 5) is 0. The predicted molar refractivity (Wildman–Crippen MR) is 113 cm³/mol. The van der Waals surface area contributed by atoms with Crippen LogP contribution in [0.3, 0.4) is 0 Å². The van der Waals surface area contributed by atoms with E-state index in [0.717, 1.165) is 6.61 Å². The maximum Gasteiger partial charge on any atom is 0.0592 e. The number of unbranched alkanes of at least 4 members (excludes halogenated alkanes) is 14. The third-order valence-electron chi connectivity index (χ3n) is 5.23. The number of ether oxygens (including phenoxy) is 1. The fourth-order valence-corrected chi connectivity index (χ4v) is 3.56. The topological polar surface area (TPSA) is 35.2 Å². The molecule has 0 rings (SSSR count). The van der Waals surface area contributed by atoms with Crippen molar-refractivity contribution < 1.29 is 4.74 Å². The van der Waals surface area contributed by atoms with E-state index in [1.165, 1.54) is 116 Å². The van der Waals surface area contributed by atoms with Crippen molar-refractivity contribution in [3.05, 3.63) is 0 Å². The van der Waals surface area contributed by atoms with Gasteiger partial charge in [0.2, 0.25) is 0 Å². The van der Waals surface area contributed by atoms with Crippen LogP contribution in [0.25, 0.3) is 0 Å². The van der Waals surface area contributed by atoms with Crippen molar-refractivity contribution in [1.29, 1.82) is 0 Å². The minimum absolute atomic E-state index is 0.462. The van der Waals surface area contributed by atoms with Crippen LogP contribution in [0.15, 0.2) is 0 Å². The molecule has 0 heterocycles. The second kappa shape index (κ2) is 22.0. The molecule has 0 unspecified atom stereocenters. The summed E-state index contributed by atoms with van der Waals surface area (Å²) in [7, 11) is 0. The molecule has 0 saturated heterocycles. The summed E-state index contributed by atoms with van der Waals surface area (Å²) in [5, 5.41) is 0. The highest BCUT2D eigenvalue weighted by atomic mass is 16.5. The fraction of sp³-hybridized carbons (Fsp3) is 1.00. The smallest absolute Gasteiger partial charge is 0.0592 e. The summed E-state index contributed by atoms with van der Waals surface area (Å²) in [6.45, 7) is 5.96. The zero-order chi connectivity index (χ0) is 18.4. The van der Waals surface area contributed by atoms with Gasteiger partial charge in [-0.05, 0) is 12.8 Å². The summed E-state index contributed by atoms with van der Waals surface area (Å²) in [6.07, 6.45) is 25.3. The third kappa shape index (κ3) is 20.1. The fourth-order valence-electron chi connectivity index (χ4n) is 3.56. The van der Waals surface area contributed by atoms with E-state index in [1.54, 1.807) is 0 Å². The van der Waals surface area contributed by atoms with Crippen molar-refractivity contribution in [2.75, 3.05) is 13.2 Å². The highest BCUT2D eigenvalue weighted by Gasteiger charge is 2.08. The molecule has 0 radical (unpaired) electrons. The van der Waals surface area contributed by atoms with Gasteiger partial charge in [0.1, 0.15) is 0 Å². The van der Waals surface area contributed by atoms with E-state index in [4.69, 9.17) is 10.5 Å². The molecule has 0 aliphatic carbocycles. The Morgan fingerprint density at radius 3 is 1.28 bits per heavy atom. The summed E-state index contributed by atoms with van der Waals surface area (Å²) in [5.74, 6) is 0. The molecule has 2 heteroatoms. The van der Waals surface area contributed by atoms with Crippen molar-refractivity contribution in [2.24, 2.45) is 5.73 Å². The molecule has 0 aliphatic rings. The molecule has 0 aromatic carbocycles. The first-order chi connectivity index (χ1) is 12.3. The SMILES string of the molecule is CCCCCCCCCCC(CCCCCCCCCC)OCCN. The highest BCUT2D eigenvalue weighted by molar-refractivity contribution is 4.61. The molecule has 0 bridgehead atoms. The number of hydrogen-bond acceptors (Lipinski definition) is 2. The van der Waals surface area contributed by atoms with Crippen LogP contribution in [0.1, 0.15) is 129 Å². The van der Waals surface area contributed by atoms with Gasteiger partial charge in [-0.15, -0.1) is 0 Å². The predicted octanol–water partition coefficient (Wildman–Crippen LogP) is 7.39. The number of rotatable bonds is 21. The zero-order valence-corrected chi connectivity index (χ0v) is 17.7. The molecule has 2 nitrogen and oxygen atoms in total. The molecule has 0 aliphatic heterocycles. The van der Waals surface area contributed by atoms with Crippen molar-refractivity contribution in [2.45, 2.75) is 136 Å². The summed E-state index contributed by atoms with van der Waals surface area (Å²) in [5.41, 5.74) is 5.62. The van der Waals surface area contributed by atoms with Crippen molar-refractivity contribution in [1.82, 2.24) is 0 Å². The Labute approximate surface area is 159 Å². The molecule has 0 fully saturated rings. The van der Waals surface area contributed by atoms with Gasteiger partial charge >= 0.3 is 0 Å². The summed E-state index contributed by atoms with van der Waals surface area (Å²) >= 11 is 0. The first kappa shape index (κ1) is 24.9. The minimum atomic E-state index is 0.462. The Bertz CT molecular complexity index is 212. The Morgan fingerprint density at radius 1 is 0.560 bits per heavy atom. The first-order valence-corrected chi connectivity index (χ1v) is 11.7. The van der Waals surface area contributed by atoms with Crippen LogP contribution in [-0.4, -0.2) is 19.3 Å². The van der Waals surface area contributed by atoms with E-state index in [1.807, 2.05) is 0 Å². The van der Waals surface area contributed by atoms with Gasteiger partial charge in [0.25, 0.3) is 0 Å². The molecule has 0 saturated carbocycles. The summed E-state index contributed by atoms with van der Waals surface area (Å²) in [6, 6.07) is 0. The summed E-state index contributed by atoms with van der Waals surface area (Å²) < 4.78 is 5.99. The van der Waals surface area contributed by atoms with E-state index >= 15 is 0 Å². The minimum Gasteiger partial charge on any atom is -0.377 e. The molecule has 0 aromatic heterocycles. The van der Waals surface area contributed by atoms with Crippen molar-refractivity contribution in [3.63, 3.8) is 0 Å². The van der Waals surface area contributed by atoms with Gasteiger partial charge in [0, 0.05) is 6.54 Å². The van der Waals surface area contributed by atoms with Gasteiger partial charge in [0.05, 0.1) is 12.7 Å². The number of nitrogens with two attached hydrogens (primary N) is 1. The van der Waals surface area contributed by atoms with Crippen LogP contribution < -0.4 is 5.73 Å². The monoisotopic (exact) mass is 355 g/mol. The molecular formula is C23H49NO. The average molecular weight is 356 g/mol. The zero-order valence-electron chi connectivity index (χ0n) is 17.7. The number of hydrogen-bond donors (Lipinski definition) is 1. The standard InChI is InChI=1S/C23H49NO/c1-3-5-7-9-11-13-15-17-19-23(25-22-21-24)20-18-16-14-12-10-8-6-4-2/h23H,3-22,24H2,1-2H3. The molecule has 0 amide bonds. The normalized spacial score (nSPS) is 11.5. The maximum atomic E-state index is 5.99. The Hall–Kier alpha value is -0.0800. The van der Waals surface area contributed by atoms with E-state index < -0.39 is 0 Å². The van der Waals surface area contributed by atoms with Gasteiger partial charge in [-0.1, -0.05) is 117 Å². The Kier molecular flexibility index (Phi) is 21.9. The second-order valence-electron chi connectivity index (χ2n) is 7.81. The lowest BCUT2D eigenvalue weighted by molar-refractivity contribution is 0.0432. The van der Waals surface area contributed by atoms with Crippen LogP contribution in [0.5, 0.6) is 0 Å². The highest BCUT2D eigenvalue weighted by Crippen LogP contribution is 2.17. The molecule has 0 aromatic rings. The second-order valence-corrected chi connectivity index (χ2v) is 7.81. The lowest BCUT2D eigenvalue weighted by atomic mass is 10.0. The largest absolute Gasteiger partial charge is 0.377 e. The van der Waals surface area contributed by atoms with Gasteiger partial charge in [-0.2, -0.15) is 0 Å². The molecule has 2 N–H and O–H groups in total. The van der Waals surface area contributed by atoms with Crippen LogP contribution in [0.2, 0.25) is 0 Å². The van der Waals surface area contributed by atoms with E-state index in [0.29, 0.717) is 12.6 Å². The van der Waals surface area contributed by atoms with Gasteiger partial charge < -0.3 is 10.5 Å². The molecule has 0 atom stereocenters. The molecular weight excluding hydrogens is 306 g/mol. The maximum absolute atomic E-state index is 5.99. The first-order valence-electron chi connectivity index (χ1n) is 11.7. The average Bonchev–Trinajstić information content (AvgIpc) is 2.63. The van der Waals surface area contributed by atoms with E-state index in [2.05, 4.69) is 13.8 Å². The van der Waals surface area contributed by atoms with E-state index in [9.17, 15) is 0 Å². The van der Waals surface area contributed by atoms with Gasteiger partial charge in [-0.25, -0.2) is 0 Å². The Morgan fingerprint density at radius 2 is 0.920 bits per heavy atom. The van der Waals surface area contributed by atoms with Crippen molar-refractivity contribution in [3.8, 4) is 0 Å². The van der Waals surface area contributed by atoms with Crippen LogP contribution in [0.4, 0.5) is 0 Å². The lowest BCUT2D eigenvalue weighted by Crippen LogP contribution is -2.18. The van der Waals surface area contributed by atoms with Gasteiger partial charge in [0.15, 0.2) is 0 Å². The van der Waals surface area contributed by atoms with Crippen LogP contribution in [0, 0.1) is 0 Å². The third-order valence-corrected chi connectivity index (χ3v) is 5.23. The molecule has 152 valence electrons. The Balaban J connectivity index is 3.54. The quantitative estimate of drug-likeness (QED) is 0.218. The molecule has 25 heavy (non-hydrogen) atoms. The van der Waals surface area contributed by atoms with E-state index in [-0.39, 0.29) is 0 Å². The molecule has 0 spiro atoms. The van der Waals surface area contributed by atoms with Crippen LogP contribution in [-0.2, 0) is 4.74 Å². The lowest BCUT2D eigenvalue weighted by Gasteiger charge is -2.17. The van der Waals surface area contributed by atoms with Gasteiger partial charge in [-0.3, -0.25) is 0 Å². The van der Waals surface area contributed by atoms with Crippen molar-refractivity contribution >= 4 is 0 Å². The van der Waals surface area contributed by atoms with Crippen LogP contribution >= 0.6 is 0 Å².